The molecule has 2 aliphatic rings. The van der Waals surface area contributed by atoms with Crippen LogP contribution < -0.4 is 10.2 Å². The topological polar surface area (TPSA) is 69.7 Å². The molecule has 1 aliphatic heterocycles. The Morgan fingerprint density at radius 2 is 1.79 bits per heavy atom. The van der Waals surface area contributed by atoms with Crippen molar-refractivity contribution < 1.29 is 14.4 Å². The predicted octanol–water partition coefficient (Wildman–Crippen LogP) is 6.36. The van der Waals surface area contributed by atoms with Gasteiger partial charge in [-0.15, -0.1) is 0 Å². The molecule has 1 N–H and O–H groups in total. The van der Waals surface area contributed by atoms with Crippen LogP contribution in [0.3, 0.4) is 0 Å². The fraction of sp³-hybridized carbons (Fsp3) is 0.367. The van der Waals surface area contributed by atoms with Crippen molar-refractivity contribution in [3.8, 4) is 0 Å². The molecule has 3 amide bonds. The maximum Gasteiger partial charge on any atom is 0.259 e. The fourth-order valence-electron chi connectivity index (χ4n) is 5.66. The number of benzene rings is 3. The van der Waals surface area contributed by atoms with Crippen molar-refractivity contribution in [3.63, 3.8) is 0 Å². The lowest BCUT2D eigenvalue weighted by Crippen LogP contribution is -2.53. The number of hydrogen-bond donors (Lipinski definition) is 1. The predicted molar refractivity (Wildman–Crippen MR) is 152 cm³/mol. The lowest BCUT2D eigenvalue weighted by molar-refractivity contribution is -0.140. The summed E-state index contributed by atoms with van der Waals surface area (Å²) in [5.41, 5.74) is 1.98. The van der Waals surface area contributed by atoms with Crippen molar-refractivity contribution in [2.24, 2.45) is 0 Å². The van der Waals surface area contributed by atoms with E-state index in [9.17, 15) is 14.4 Å². The van der Waals surface area contributed by atoms with Crippen LogP contribution in [0.4, 0.5) is 5.69 Å². The lowest BCUT2D eigenvalue weighted by Gasteiger charge is -2.34. The van der Waals surface area contributed by atoms with Crippen molar-refractivity contribution in [1.82, 2.24) is 10.2 Å². The minimum absolute atomic E-state index is 0.119. The van der Waals surface area contributed by atoms with Gasteiger partial charge < -0.3 is 10.2 Å². The molecule has 0 aromatic heterocycles. The maximum atomic E-state index is 14.0. The zero-order valence-electron chi connectivity index (χ0n) is 21.4. The zero-order valence-corrected chi connectivity index (χ0v) is 22.9. The summed E-state index contributed by atoms with van der Waals surface area (Å²) in [7, 11) is 0. The summed E-state index contributed by atoms with van der Waals surface area (Å²) in [4.78, 5) is 43.9. The van der Waals surface area contributed by atoms with Crippen LogP contribution in [0.15, 0.2) is 54.6 Å². The van der Waals surface area contributed by atoms with E-state index in [0.29, 0.717) is 33.3 Å². The first-order valence-corrected chi connectivity index (χ1v) is 14.0. The molecular weight excluding hydrogens is 521 g/mol. The summed E-state index contributed by atoms with van der Waals surface area (Å²) in [5, 5.41) is 5.90. The van der Waals surface area contributed by atoms with Gasteiger partial charge in [0, 0.05) is 33.6 Å². The first kappa shape index (κ1) is 26.5. The molecule has 1 aliphatic carbocycles. The highest BCUT2D eigenvalue weighted by molar-refractivity contribution is 6.35. The SMILES string of the molecule is CC[C@@H](C(=O)NC1CCCCC1)N(Cc1ccc(Cl)cc1Cl)C(=O)CN1C(=O)c2cccc3cccc1c23. The molecule has 0 saturated heterocycles. The van der Waals surface area contributed by atoms with Crippen molar-refractivity contribution in [2.45, 2.75) is 64.1 Å². The van der Waals surface area contributed by atoms with E-state index >= 15 is 0 Å². The molecule has 0 radical (unpaired) electrons. The lowest BCUT2D eigenvalue weighted by atomic mass is 9.95. The van der Waals surface area contributed by atoms with E-state index in [1.54, 1.807) is 29.2 Å². The van der Waals surface area contributed by atoms with Gasteiger partial charge in [-0.2, -0.15) is 0 Å². The second-order valence-corrected chi connectivity index (χ2v) is 10.9. The van der Waals surface area contributed by atoms with Crippen molar-refractivity contribution in [3.05, 3.63) is 75.8 Å². The van der Waals surface area contributed by atoms with E-state index < -0.39 is 6.04 Å². The first-order chi connectivity index (χ1) is 18.4. The molecule has 1 fully saturated rings. The van der Waals surface area contributed by atoms with Crippen LogP contribution in [0.2, 0.25) is 10.0 Å². The fourth-order valence-corrected chi connectivity index (χ4v) is 6.13. The number of halogens is 2. The van der Waals surface area contributed by atoms with E-state index in [-0.39, 0.29) is 36.9 Å². The van der Waals surface area contributed by atoms with Gasteiger partial charge in [0.15, 0.2) is 0 Å². The minimum atomic E-state index is -0.702. The third-order valence-corrected chi connectivity index (χ3v) is 8.22. The molecule has 5 rings (SSSR count). The van der Waals surface area contributed by atoms with E-state index in [4.69, 9.17) is 23.2 Å². The van der Waals surface area contributed by atoms with Gasteiger partial charge in [0.05, 0.1) is 5.69 Å². The molecule has 6 nitrogen and oxygen atoms in total. The molecule has 198 valence electrons. The Morgan fingerprint density at radius 3 is 2.50 bits per heavy atom. The molecule has 38 heavy (non-hydrogen) atoms. The molecular formula is C30H31Cl2N3O3. The molecule has 1 heterocycles. The summed E-state index contributed by atoms with van der Waals surface area (Å²) >= 11 is 12.6. The van der Waals surface area contributed by atoms with Gasteiger partial charge >= 0.3 is 0 Å². The number of nitrogens with zero attached hydrogens (tertiary/aromatic N) is 2. The van der Waals surface area contributed by atoms with Crippen LogP contribution in [0.25, 0.3) is 10.8 Å². The Hall–Kier alpha value is -3.09. The van der Waals surface area contributed by atoms with Crippen molar-refractivity contribution >= 4 is 57.4 Å². The second kappa shape index (κ2) is 11.3. The largest absolute Gasteiger partial charge is 0.352 e. The van der Waals surface area contributed by atoms with Crippen LogP contribution in [0.5, 0.6) is 0 Å². The highest BCUT2D eigenvalue weighted by atomic mass is 35.5. The van der Waals surface area contributed by atoms with Gasteiger partial charge in [0.25, 0.3) is 5.91 Å². The van der Waals surface area contributed by atoms with E-state index in [1.807, 2.05) is 37.3 Å². The Kier molecular flexibility index (Phi) is 7.91. The summed E-state index contributed by atoms with van der Waals surface area (Å²) in [6.45, 7) is 1.85. The highest BCUT2D eigenvalue weighted by Crippen LogP contribution is 2.37. The molecule has 1 atom stereocenters. The molecule has 0 unspecified atom stereocenters. The highest BCUT2D eigenvalue weighted by Gasteiger charge is 2.35. The Morgan fingerprint density at radius 1 is 1.05 bits per heavy atom. The monoisotopic (exact) mass is 551 g/mol. The number of rotatable bonds is 8. The van der Waals surface area contributed by atoms with Crippen LogP contribution in [0, 0.1) is 0 Å². The number of hydrogen-bond acceptors (Lipinski definition) is 3. The number of carbonyl (C=O) groups excluding carboxylic acids is 3. The molecule has 0 bridgehead atoms. The summed E-state index contributed by atoms with van der Waals surface area (Å²) < 4.78 is 0. The Labute approximate surface area is 232 Å². The zero-order chi connectivity index (χ0) is 26.8. The van der Waals surface area contributed by atoms with Gasteiger partial charge in [0.1, 0.15) is 12.6 Å². The average Bonchev–Trinajstić information content (AvgIpc) is 3.18. The average molecular weight is 553 g/mol. The quantitative estimate of drug-likeness (QED) is 0.354. The standard InChI is InChI=1S/C30H31Cl2N3O3/c1-2-25(29(37)33-22-10-4-3-5-11-22)34(17-20-14-15-21(31)16-24(20)32)27(36)18-35-26-13-7-9-19-8-6-12-23(28(19)26)30(35)38/h6-9,12-16,22,25H,2-5,10-11,17-18H2,1H3,(H,33,37)/t25-/m0/s1. The van der Waals surface area contributed by atoms with Crippen LogP contribution >= 0.6 is 23.2 Å². The minimum Gasteiger partial charge on any atom is -0.352 e. The van der Waals surface area contributed by atoms with Crippen LogP contribution in [-0.4, -0.2) is 41.2 Å². The van der Waals surface area contributed by atoms with Gasteiger partial charge in [-0.1, -0.05) is 79.7 Å². The second-order valence-electron chi connectivity index (χ2n) is 10.1. The molecule has 0 spiro atoms. The van der Waals surface area contributed by atoms with Crippen molar-refractivity contribution in [2.75, 3.05) is 11.4 Å². The molecule has 1 saturated carbocycles. The molecule has 3 aromatic rings. The van der Waals surface area contributed by atoms with Gasteiger partial charge in [-0.25, -0.2) is 0 Å². The van der Waals surface area contributed by atoms with Crippen molar-refractivity contribution in [1.29, 1.82) is 0 Å². The number of anilines is 1. The van der Waals surface area contributed by atoms with Gasteiger partial charge in [0.2, 0.25) is 11.8 Å². The van der Waals surface area contributed by atoms with E-state index in [2.05, 4.69) is 5.32 Å². The summed E-state index contributed by atoms with van der Waals surface area (Å²) in [5.74, 6) is -0.704. The number of nitrogens with one attached hydrogen (secondary N) is 1. The first-order valence-electron chi connectivity index (χ1n) is 13.2. The van der Waals surface area contributed by atoms with Gasteiger partial charge in [-0.3, -0.25) is 19.3 Å². The van der Waals surface area contributed by atoms with E-state index in [0.717, 1.165) is 36.5 Å². The number of amides is 3. The third kappa shape index (κ3) is 5.25. The number of carbonyl (C=O) groups is 3. The maximum absolute atomic E-state index is 14.0. The normalized spacial score (nSPS) is 16.1. The van der Waals surface area contributed by atoms with Gasteiger partial charge in [-0.05, 0) is 54.5 Å². The summed E-state index contributed by atoms with van der Waals surface area (Å²) in [6, 6.07) is 15.8. The Bertz CT molecular complexity index is 1380. The third-order valence-electron chi connectivity index (χ3n) is 7.64. The summed E-state index contributed by atoms with van der Waals surface area (Å²) in [6.07, 6.45) is 5.69. The molecule has 8 heteroatoms. The Balaban J connectivity index is 1.44. The van der Waals surface area contributed by atoms with E-state index in [1.165, 1.54) is 11.3 Å². The molecule has 3 aromatic carbocycles. The van der Waals surface area contributed by atoms with Crippen LogP contribution in [0.1, 0.15) is 61.4 Å². The smallest absolute Gasteiger partial charge is 0.259 e. The van der Waals surface area contributed by atoms with Crippen LogP contribution in [-0.2, 0) is 16.1 Å².